The van der Waals surface area contributed by atoms with E-state index in [1.54, 1.807) is 0 Å². The van der Waals surface area contributed by atoms with Crippen LogP contribution in [-0.4, -0.2) is 37.2 Å². The van der Waals surface area contributed by atoms with E-state index in [9.17, 15) is 14.4 Å². The first-order valence-electron chi connectivity index (χ1n) is 31.9. The van der Waals surface area contributed by atoms with Gasteiger partial charge in [-0.05, 0) is 83.5 Å². The van der Waals surface area contributed by atoms with Gasteiger partial charge in [-0.25, -0.2) is 0 Å². The van der Waals surface area contributed by atoms with E-state index < -0.39 is 6.10 Å². The molecule has 1 unspecified atom stereocenters. The predicted octanol–water partition coefficient (Wildman–Crippen LogP) is 21.7. The molecule has 0 saturated carbocycles. The fourth-order valence-corrected chi connectivity index (χ4v) is 9.18. The van der Waals surface area contributed by atoms with Crippen molar-refractivity contribution in [2.24, 2.45) is 0 Å². The maximum Gasteiger partial charge on any atom is 0.306 e. The van der Waals surface area contributed by atoms with Crippen LogP contribution in [0.5, 0.6) is 0 Å². The maximum absolute atomic E-state index is 12.9. The van der Waals surface area contributed by atoms with Crippen molar-refractivity contribution in [1.29, 1.82) is 0 Å². The zero-order valence-corrected chi connectivity index (χ0v) is 49.1. The molecule has 0 radical (unpaired) electrons. The zero-order chi connectivity index (χ0) is 53.6. The van der Waals surface area contributed by atoms with Gasteiger partial charge in [0, 0.05) is 19.3 Å². The van der Waals surface area contributed by atoms with Crippen molar-refractivity contribution in [2.45, 2.75) is 329 Å². The second kappa shape index (κ2) is 62.4. The summed E-state index contributed by atoms with van der Waals surface area (Å²) >= 11 is 0. The van der Waals surface area contributed by atoms with Gasteiger partial charge in [-0.3, -0.25) is 14.4 Å². The summed E-state index contributed by atoms with van der Waals surface area (Å²) < 4.78 is 16.9. The number of esters is 3. The summed E-state index contributed by atoms with van der Waals surface area (Å²) in [5.41, 5.74) is 0. The average molecular weight is 1030 g/mol. The summed E-state index contributed by atoms with van der Waals surface area (Å²) in [6.45, 7) is 6.49. The summed E-state index contributed by atoms with van der Waals surface area (Å²) in [4.78, 5) is 38.2. The largest absolute Gasteiger partial charge is 0.462 e. The standard InChI is InChI=1S/C68H120O6/c1-4-7-10-13-16-19-22-25-27-28-29-30-31-32-33-34-35-36-37-38-39-40-41-44-46-49-52-55-58-61-67(70)73-64-65(63-72-66(69)60-57-54-51-48-45-42-24-21-18-15-12-9-6-3)74-68(71)62-59-56-53-50-47-43-26-23-20-17-14-11-8-5-2/h7,10,12,15-16,19,21,24-25,27,29-30,65H,4-6,8-9,11,13-14,17-18,20,22-23,26,28,31-64H2,1-3H3/b10-7-,15-12-,19-16-,24-21-,27-25-,30-29-. The van der Waals surface area contributed by atoms with Crippen LogP contribution in [0.2, 0.25) is 0 Å². The van der Waals surface area contributed by atoms with E-state index in [1.807, 2.05) is 0 Å². The first-order valence-corrected chi connectivity index (χ1v) is 31.9. The van der Waals surface area contributed by atoms with Crippen molar-refractivity contribution in [3.05, 3.63) is 72.9 Å². The third kappa shape index (κ3) is 59.7. The van der Waals surface area contributed by atoms with Crippen molar-refractivity contribution >= 4 is 17.9 Å². The van der Waals surface area contributed by atoms with Gasteiger partial charge in [0.05, 0.1) is 0 Å². The number of rotatable bonds is 58. The number of ether oxygens (including phenoxy) is 3. The fraction of sp³-hybridized carbons (Fsp3) is 0.779. The number of hydrogen-bond donors (Lipinski definition) is 0. The lowest BCUT2D eigenvalue weighted by Gasteiger charge is -2.18. The van der Waals surface area contributed by atoms with Crippen molar-refractivity contribution in [2.75, 3.05) is 13.2 Å². The molecule has 428 valence electrons. The van der Waals surface area contributed by atoms with Crippen LogP contribution in [0.4, 0.5) is 0 Å². The van der Waals surface area contributed by atoms with Crippen LogP contribution in [0.15, 0.2) is 72.9 Å². The molecule has 0 fully saturated rings. The number of unbranched alkanes of at least 4 members (excludes halogenated alkanes) is 35. The molecule has 0 aromatic carbocycles. The normalized spacial score (nSPS) is 12.5. The van der Waals surface area contributed by atoms with Gasteiger partial charge >= 0.3 is 17.9 Å². The Bertz CT molecular complexity index is 1370. The van der Waals surface area contributed by atoms with Gasteiger partial charge in [-0.15, -0.1) is 0 Å². The molecule has 0 bridgehead atoms. The van der Waals surface area contributed by atoms with Crippen LogP contribution in [0.25, 0.3) is 0 Å². The van der Waals surface area contributed by atoms with Gasteiger partial charge in [0.15, 0.2) is 6.10 Å². The molecule has 0 aliphatic carbocycles. The summed E-state index contributed by atoms with van der Waals surface area (Å²) in [5, 5.41) is 0. The zero-order valence-electron chi connectivity index (χ0n) is 49.1. The van der Waals surface area contributed by atoms with E-state index in [0.29, 0.717) is 19.3 Å². The number of carbonyl (C=O) groups excluding carboxylic acids is 3. The molecule has 0 spiro atoms. The van der Waals surface area contributed by atoms with Crippen LogP contribution in [0, 0.1) is 0 Å². The minimum absolute atomic E-state index is 0.0756. The molecule has 0 saturated heterocycles. The van der Waals surface area contributed by atoms with E-state index in [4.69, 9.17) is 14.2 Å². The highest BCUT2D eigenvalue weighted by atomic mass is 16.6. The molecule has 0 aromatic rings. The molecule has 0 N–H and O–H groups in total. The molecule has 0 heterocycles. The molecule has 0 aliphatic rings. The quantitative estimate of drug-likeness (QED) is 0.0261. The topological polar surface area (TPSA) is 78.9 Å². The minimum atomic E-state index is -0.778. The van der Waals surface area contributed by atoms with Gasteiger partial charge in [-0.2, -0.15) is 0 Å². The fourth-order valence-electron chi connectivity index (χ4n) is 9.18. The summed E-state index contributed by atoms with van der Waals surface area (Å²) in [6.07, 6.45) is 80.6. The van der Waals surface area contributed by atoms with Crippen LogP contribution < -0.4 is 0 Å². The first-order chi connectivity index (χ1) is 36.5. The molecule has 6 heteroatoms. The Labute approximate surface area is 459 Å². The van der Waals surface area contributed by atoms with Gasteiger partial charge in [0.1, 0.15) is 13.2 Å². The van der Waals surface area contributed by atoms with E-state index in [-0.39, 0.29) is 31.1 Å². The van der Waals surface area contributed by atoms with Crippen molar-refractivity contribution in [1.82, 2.24) is 0 Å². The van der Waals surface area contributed by atoms with Crippen LogP contribution in [0.3, 0.4) is 0 Å². The molecule has 0 aliphatic heterocycles. The minimum Gasteiger partial charge on any atom is -0.462 e. The molecule has 0 rings (SSSR count). The lowest BCUT2D eigenvalue weighted by atomic mass is 10.0. The molecule has 74 heavy (non-hydrogen) atoms. The molecule has 0 aromatic heterocycles. The van der Waals surface area contributed by atoms with Gasteiger partial charge in [0.25, 0.3) is 0 Å². The highest BCUT2D eigenvalue weighted by Gasteiger charge is 2.19. The van der Waals surface area contributed by atoms with E-state index in [0.717, 1.165) is 109 Å². The summed E-state index contributed by atoms with van der Waals surface area (Å²) in [5.74, 6) is -0.874. The molecule has 1 atom stereocenters. The highest BCUT2D eigenvalue weighted by molar-refractivity contribution is 5.71. The van der Waals surface area contributed by atoms with Gasteiger partial charge < -0.3 is 14.2 Å². The molecule has 0 amide bonds. The maximum atomic E-state index is 12.9. The molecular formula is C68H120O6. The second-order valence-electron chi connectivity index (χ2n) is 21.3. The smallest absolute Gasteiger partial charge is 0.306 e. The average Bonchev–Trinajstić information content (AvgIpc) is 3.40. The van der Waals surface area contributed by atoms with E-state index in [2.05, 4.69) is 93.7 Å². The van der Waals surface area contributed by atoms with Gasteiger partial charge in [0.2, 0.25) is 0 Å². The first kappa shape index (κ1) is 70.8. The Morgan fingerprint density at radius 1 is 0.284 bits per heavy atom. The highest BCUT2D eigenvalue weighted by Crippen LogP contribution is 2.17. The van der Waals surface area contributed by atoms with Crippen LogP contribution in [0.1, 0.15) is 323 Å². The van der Waals surface area contributed by atoms with E-state index >= 15 is 0 Å². The third-order valence-electron chi connectivity index (χ3n) is 13.9. The lowest BCUT2D eigenvalue weighted by molar-refractivity contribution is -0.167. The van der Waals surface area contributed by atoms with Crippen LogP contribution >= 0.6 is 0 Å². The van der Waals surface area contributed by atoms with Crippen molar-refractivity contribution < 1.29 is 28.6 Å². The molecule has 6 nitrogen and oxygen atoms in total. The number of allylic oxidation sites excluding steroid dienone is 12. The van der Waals surface area contributed by atoms with Crippen molar-refractivity contribution in [3.8, 4) is 0 Å². The Morgan fingerprint density at radius 2 is 0.554 bits per heavy atom. The Hall–Kier alpha value is -3.15. The Kier molecular flexibility index (Phi) is 59.7. The molecular weight excluding hydrogens is 913 g/mol. The lowest BCUT2D eigenvalue weighted by Crippen LogP contribution is -2.30. The summed E-state index contributed by atoms with van der Waals surface area (Å²) in [7, 11) is 0. The Morgan fingerprint density at radius 3 is 0.878 bits per heavy atom. The van der Waals surface area contributed by atoms with E-state index in [1.165, 1.54) is 173 Å². The monoisotopic (exact) mass is 1030 g/mol. The van der Waals surface area contributed by atoms with Gasteiger partial charge in [-0.1, -0.05) is 293 Å². The number of carbonyl (C=O) groups is 3. The second-order valence-corrected chi connectivity index (χ2v) is 21.3. The van der Waals surface area contributed by atoms with Crippen molar-refractivity contribution in [3.63, 3.8) is 0 Å². The summed E-state index contributed by atoms with van der Waals surface area (Å²) in [6, 6.07) is 0. The van der Waals surface area contributed by atoms with Crippen LogP contribution in [-0.2, 0) is 28.6 Å². The third-order valence-corrected chi connectivity index (χ3v) is 13.9. The SMILES string of the molecule is CC/C=C\C/C=C\C/C=C\C/C=C\CCCCCCCCCCCCCCCCCCC(=O)OCC(COC(=O)CCCCCCC/C=C\C/C=C\CCC)OC(=O)CCCCCCCCCCCCCCCC. The Balaban J connectivity index is 4.18. The number of hydrogen-bond acceptors (Lipinski definition) is 6. The predicted molar refractivity (Wildman–Crippen MR) is 321 cm³/mol.